The average molecular weight is 938 g/mol. The van der Waals surface area contributed by atoms with Gasteiger partial charge in [-0.25, -0.2) is 4.79 Å². The zero-order valence-electron chi connectivity index (χ0n) is 50.1. The van der Waals surface area contributed by atoms with Crippen LogP contribution in [-0.2, 0) is 47.7 Å². The molecule has 0 aromatic rings. The summed E-state index contributed by atoms with van der Waals surface area (Å²) in [5.41, 5.74) is 0.133. The van der Waals surface area contributed by atoms with Crippen molar-refractivity contribution in [2.75, 3.05) is 27.8 Å². The van der Waals surface area contributed by atoms with Gasteiger partial charge in [0.1, 0.15) is 30.1 Å². The van der Waals surface area contributed by atoms with Crippen LogP contribution in [0.2, 0.25) is 0 Å². The van der Waals surface area contributed by atoms with E-state index in [4.69, 9.17) is 36.0 Å². The summed E-state index contributed by atoms with van der Waals surface area (Å²) in [6.45, 7) is 6.61. The normalized spacial score (nSPS) is 46.7. The number of hydrogen-bond acceptors (Lipinski definition) is 13. The fourth-order valence-electron chi connectivity index (χ4n) is 9.35. The molecule has 1 unspecified atom stereocenters. The number of methoxy groups -OCH3 is 3. The molecule has 4 aliphatic rings. The van der Waals surface area contributed by atoms with E-state index in [0.717, 1.165) is 18.1 Å². The van der Waals surface area contributed by atoms with E-state index < -0.39 is 159 Å². The lowest BCUT2D eigenvalue weighted by atomic mass is 9.78. The molecule has 0 spiro atoms. The molecule has 1 saturated carbocycles. The van der Waals surface area contributed by atoms with Crippen molar-refractivity contribution in [3.63, 3.8) is 0 Å². The Morgan fingerprint density at radius 2 is 1.70 bits per heavy atom. The maximum Gasteiger partial charge on any atom is 0.329 e. The van der Waals surface area contributed by atoms with Crippen LogP contribution in [0.4, 0.5) is 0 Å². The number of aliphatic hydroxyl groups excluding tert-OH is 2. The lowest BCUT2D eigenvalue weighted by Crippen LogP contribution is -2.61. The quantitative estimate of drug-likeness (QED) is 0.150. The number of amides is 1. The van der Waals surface area contributed by atoms with Crippen LogP contribution in [0.5, 0.6) is 0 Å². The highest BCUT2D eigenvalue weighted by Crippen LogP contribution is 2.38. The van der Waals surface area contributed by atoms with Crippen molar-refractivity contribution in [3.8, 4) is 0 Å². The summed E-state index contributed by atoms with van der Waals surface area (Å²) in [6, 6.07) is -1.48. The minimum Gasteiger partial charge on any atom is -0.460 e. The number of piperidine rings is 1. The molecule has 3 heterocycles. The Balaban J connectivity index is 1.89. The Bertz CT molecular complexity index is 2190. The van der Waals surface area contributed by atoms with Crippen LogP contribution in [0.3, 0.4) is 0 Å². The summed E-state index contributed by atoms with van der Waals surface area (Å²) in [5, 5.41) is 34.3. The molecule has 14 heteroatoms. The van der Waals surface area contributed by atoms with Crippen molar-refractivity contribution in [1.82, 2.24) is 4.90 Å². The summed E-state index contributed by atoms with van der Waals surface area (Å²) in [5.74, 6) is -18.3. The largest absolute Gasteiger partial charge is 0.460 e. The van der Waals surface area contributed by atoms with E-state index in [9.17, 15) is 40.7 Å². The standard InChI is InChI=1S/C52H81NO13/c1-30-17-13-12-14-18-31(2)43(62-9)28-39-22-20-35(6)52(61,66-39)49(58)50(59)53-24-16-15-19-40(53)51(60)65-44(33(4)26-38-21-23-41(54)45(27-38)63-10)29-42(55)32(3)25-34(5)46(56)48(64-11)47(57)37(8)36(30)7/h12-14,17-18,25,30,32-33,35-41,43-46,48,54,56,61H,15-16,19-24,26-29H2,1-11H3/b14-12+,17-13+,31-18+,34-25+/t30-,32-,33-,35-,36?,37-,38+,39+,40+,41-,43+,44+,45-,46-,48-,52-/m1/s1/i3D3,9D3,20D2,30D,36D. The van der Waals surface area contributed by atoms with Crippen molar-refractivity contribution < 1.29 is 76.7 Å². The molecule has 3 fully saturated rings. The zero-order chi connectivity index (χ0) is 57.7. The molecule has 2 bridgehead atoms. The van der Waals surface area contributed by atoms with Crippen LogP contribution in [0.25, 0.3) is 0 Å². The number of carbonyl (C=O) groups excluding carboxylic acids is 5. The first-order valence-corrected chi connectivity index (χ1v) is 23.3. The van der Waals surface area contributed by atoms with Crippen molar-refractivity contribution >= 4 is 29.2 Å². The second-order valence-electron chi connectivity index (χ2n) is 18.8. The van der Waals surface area contributed by atoms with Crippen LogP contribution in [0, 0.1) is 41.4 Å². The third-order valence-corrected chi connectivity index (χ3v) is 14.1. The Morgan fingerprint density at radius 1 is 0.955 bits per heavy atom. The first kappa shape index (κ1) is 41.6. The van der Waals surface area contributed by atoms with E-state index >= 15 is 0 Å². The Kier molecular flexibility index (Phi) is 15.9. The number of esters is 1. The predicted molar refractivity (Wildman–Crippen MR) is 250 cm³/mol. The summed E-state index contributed by atoms with van der Waals surface area (Å²) in [4.78, 5) is 73.1. The number of cyclic esters (lactones) is 1. The molecular formula is C52H81NO13. The highest BCUT2D eigenvalue weighted by Gasteiger charge is 2.53. The average Bonchev–Trinajstić information content (AvgIpc) is 3.32. The molecule has 372 valence electrons. The van der Waals surface area contributed by atoms with Gasteiger partial charge in [0, 0.05) is 68.0 Å². The molecule has 4 rings (SSSR count). The molecule has 0 aromatic carbocycles. The summed E-state index contributed by atoms with van der Waals surface area (Å²) < 4.78 is 114. The van der Waals surface area contributed by atoms with Gasteiger partial charge in [0.15, 0.2) is 5.78 Å². The fourth-order valence-corrected chi connectivity index (χ4v) is 9.35. The third kappa shape index (κ3) is 13.9. The Morgan fingerprint density at radius 3 is 2.38 bits per heavy atom. The van der Waals surface area contributed by atoms with E-state index in [-0.39, 0.29) is 30.0 Å². The molecule has 0 aromatic heterocycles. The van der Waals surface area contributed by atoms with Gasteiger partial charge in [-0.1, -0.05) is 77.9 Å². The molecule has 2 saturated heterocycles. The molecule has 0 radical (unpaired) electrons. The van der Waals surface area contributed by atoms with Crippen molar-refractivity contribution in [2.45, 2.75) is 180 Å². The number of hydrogen-bond donors (Lipinski definition) is 3. The monoisotopic (exact) mass is 938 g/mol. The topological polar surface area (TPSA) is 195 Å². The Labute approximate surface area is 407 Å². The lowest BCUT2D eigenvalue weighted by molar-refractivity contribution is -0.265. The molecule has 16 atom stereocenters. The van der Waals surface area contributed by atoms with Crippen LogP contribution in [0.1, 0.15) is 140 Å². The molecule has 1 amide bonds. The van der Waals surface area contributed by atoms with Crippen molar-refractivity contribution in [3.05, 3.63) is 47.6 Å². The first-order chi connectivity index (χ1) is 34.9. The van der Waals surface area contributed by atoms with Gasteiger partial charge in [-0.3, -0.25) is 19.2 Å². The smallest absolute Gasteiger partial charge is 0.329 e. The highest BCUT2D eigenvalue weighted by molar-refractivity contribution is 6.39. The maximum absolute atomic E-state index is 14.6. The number of aliphatic hydroxyl groups is 3. The first-order valence-electron chi connectivity index (χ1n) is 28.3. The van der Waals surface area contributed by atoms with Gasteiger partial charge < -0.3 is 43.9 Å². The third-order valence-electron chi connectivity index (χ3n) is 14.1. The van der Waals surface area contributed by atoms with Gasteiger partial charge in [0.2, 0.25) is 5.79 Å². The van der Waals surface area contributed by atoms with E-state index in [1.165, 1.54) is 79.0 Å². The number of allylic oxidation sites excluding steroid dienone is 6. The van der Waals surface area contributed by atoms with E-state index in [1.807, 2.05) is 0 Å². The van der Waals surface area contributed by atoms with Gasteiger partial charge in [-0.15, -0.1) is 0 Å². The van der Waals surface area contributed by atoms with Gasteiger partial charge >= 0.3 is 5.97 Å². The zero-order valence-corrected chi connectivity index (χ0v) is 40.1. The highest BCUT2D eigenvalue weighted by atomic mass is 16.6. The molecule has 66 heavy (non-hydrogen) atoms. The number of fused-ring (bicyclic) bond motifs is 3. The number of carbonyl (C=O) groups is 5. The van der Waals surface area contributed by atoms with Gasteiger partial charge in [0.25, 0.3) is 11.7 Å². The maximum atomic E-state index is 14.6. The molecule has 14 nitrogen and oxygen atoms in total. The molecule has 3 N–H and O–H groups in total. The van der Waals surface area contributed by atoms with E-state index in [0.29, 0.717) is 38.5 Å². The lowest BCUT2D eigenvalue weighted by Gasteiger charge is -2.42. The molecule has 1 aliphatic carbocycles. The van der Waals surface area contributed by atoms with Crippen molar-refractivity contribution in [2.24, 2.45) is 41.4 Å². The van der Waals surface area contributed by atoms with Crippen LogP contribution in [0.15, 0.2) is 47.6 Å². The summed E-state index contributed by atoms with van der Waals surface area (Å²) in [7, 11) is -0.394. The van der Waals surface area contributed by atoms with E-state index in [1.54, 1.807) is 6.92 Å². The second kappa shape index (κ2) is 25.3. The second-order valence-corrected chi connectivity index (χ2v) is 18.8. The van der Waals surface area contributed by atoms with Crippen LogP contribution >= 0.6 is 0 Å². The number of ether oxygens (including phenoxy) is 5. The minimum atomic E-state index is -3.13. The molecular weight excluding hydrogens is 847 g/mol. The van der Waals surface area contributed by atoms with Crippen LogP contribution < -0.4 is 0 Å². The SMILES string of the molecule is [2H]C([2H])([2H])O[C@H]1C[C@@H]2CC([2H])([2H])[C@@H](C)[C@@](O)(O2)C(=O)C(=O)N2CCCC[C@H]2C(=O)O[C@H]([C@H](C)C[C@@H]2CC[C@@H](O)[C@H](OC)C2)CC(=O)[C@H](C([2H])([2H])[2H])/C=C(\C)[C@@H](O)[C@@H](OC)C(=O)[C@H](C)C([2H])(C)[C@]([2H])(C)/C=C/C=C/C=C/1C. The van der Waals surface area contributed by atoms with Gasteiger partial charge in [-0.05, 0) is 106 Å². The Hall–Kier alpha value is -3.37. The van der Waals surface area contributed by atoms with Gasteiger partial charge in [0.05, 0.1) is 28.5 Å². The minimum absolute atomic E-state index is 0.0403. The predicted octanol–water partition coefficient (Wildman–Crippen LogP) is 6.43. The number of ketones is 3. The summed E-state index contributed by atoms with van der Waals surface area (Å²) in [6.07, 6.45) is -2.35. The summed E-state index contributed by atoms with van der Waals surface area (Å²) >= 11 is 0. The van der Waals surface area contributed by atoms with Crippen molar-refractivity contribution in [1.29, 1.82) is 0 Å². The fraction of sp³-hybridized carbons (Fsp3) is 0.750. The van der Waals surface area contributed by atoms with Gasteiger partial charge in [-0.2, -0.15) is 0 Å². The van der Waals surface area contributed by atoms with Crippen LogP contribution in [-0.4, -0.2) is 132 Å². The van der Waals surface area contributed by atoms with E-state index in [2.05, 4.69) is 0 Å². The number of nitrogens with zero attached hydrogens (tertiary/aromatic N) is 1. The molecule has 3 aliphatic heterocycles. The number of rotatable bonds is 6. The number of Topliss-reactive ketones (excluding diaryl/α,β-unsaturated/α-hetero) is 3.